The second-order valence-corrected chi connectivity index (χ2v) is 5.18. The van der Waals surface area contributed by atoms with E-state index in [9.17, 15) is 9.59 Å². The number of hydrogen-bond acceptors (Lipinski definition) is 2. The first-order chi connectivity index (χ1) is 9.97. The van der Waals surface area contributed by atoms with Crippen LogP contribution in [0.3, 0.4) is 0 Å². The molecule has 3 N–H and O–H groups in total. The molecule has 0 aliphatic carbocycles. The van der Waals surface area contributed by atoms with Crippen LogP contribution in [-0.4, -0.2) is 11.8 Å². The zero-order valence-corrected chi connectivity index (χ0v) is 12.1. The first kappa shape index (κ1) is 14.8. The van der Waals surface area contributed by atoms with Crippen molar-refractivity contribution in [1.82, 2.24) is 0 Å². The highest BCUT2D eigenvalue weighted by molar-refractivity contribution is 6.05. The van der Waals surface area contributed by atoms with E-state index in [-0.39, 0.29) is 5.91 Å². The van der Waals surface area contributed by atoms with Gasteiger partial charge in [0, 0.05) is 16.8 Å². The third kappa shape index (κ3) is 3.69. The third-order valence-electron chi connectivity index (χ3n) is 3.24. The molecule has 4 nitrogen and oxygen atoms in total. The summed E-state index contributed by atoms with van der Waals surface area (Å²) in [7, 11) is 0. The standard InChI is InChI=1S/C17H18N2O2/c1-11(2)14-4-3-5-15(10-14)19-17(21)13-8-6-12(7-9-13)16(18)20/h3-11H,1-2H3,(H2,18,20)(H,19,21). The molecule has 4 heteroatoms. The van der Waals surface area contributed by atoms with Crippen molar-refractivity contribution in [2.24, 2.45) is 5.73 Å². The van der Waals surface area contributed by atoms with Gasteiger partial charge in [-0.3, -0.25) is 9.59 Å². The highest BCUT2D eigenvalue weighted by atomic mass is 16.2. The highest BCUT2D eigenvalue weighted by Gasteiger charge is 2.08. The summed E-state index contributed by atoms with van der Waals surface area (Å²) in [5.74, 6) is -0.324. The SMILES string of the molecule is CC(C)c1cccc(NC(=O)c2ccc(C(N)=O)cc2)c1. The number of benzene rings is 2. The fourth-order valence-electron chi connectivity index (χ4n) is 1.96. The van der Waals surface area contributed by atoms with Crippen molar-refractivity contribution in [3.63, 3.8) is 0 Å². The summed E-state index contributed by atoms with van der Waals surface area (Å²) in [6.07, 6.45) is 0. The van der Waals surface area contributed by atoms with Gasteiger partial charge in [0.15, 0.2) is 0 Å². The van der Waals surface area contributed by atoms with E-state index in [2.05, 4.69) is 19.2 Å². The van der Waals surface area contributed by atoms with E-state index in [0.717, 1.165) is 11.3 Å². The molecule has 0 spiro atoms. The maximum absolute atomic E-state index is 12.1. The van der Waals surface area contributed by atoms with Crippen LogP contribution in [0.2, 0.25) is 0 Å². The molecule has 0 heterocycles. The van der Waals surface area contributed by atoms with Gasteiger partial charge in [0.1, 0.15) is 0 Å². The van der Waals surface area contributed by atoms with Crippen LogP contribution in [0.25, 0.3) is 0 Å². The molecule has 0 bridgehead atoms. The van der Waals surface area contributed by atoms with Crippen molar-refractivity contribution in [2.45, 2.75) is 19.8 Å². The fourth-order valence-corrected chi connectivity index (χ4v) is 1.96. The molecule has 0 fully saturated rings. The maximum atomic E-state index is 12.1. The Hall–Kier alpha value is -2.62. The molecular weight excluding hydrogens is 264 g/mol. The smallest absolute Gasteiger partial charge is 0.255 e. The van der Waals surface area contributed by atoms with Gasteiger partial charge in [-0.15, -0.1) is 0 Å². The summed E-state index contributed by atoms with van der Waals surface area (Å²) in [6.45, 7) is 4.20. The summed E-state index contributed by atoms with van der Waals surface area (Å²) >= 11 is 0. The van der Waals surface area contributed by atoms with Gasteiger partial charge in [-0.1, -0.05) is 26.0 Å². The molecule has 0 saturated heterocycles. The van der Waals surface area contributed by atoms with Crippen molar-refractivity contribution < 1.29 is 9.59 Å². The van der Waals surface area contributed by atoms with Crippen LogP contribution in [0.4, 0.5) is 5.69 Å². The minimum Gasteiger partial charge on any atom is -0.366 e. The summed E-state index contributed by atoms with van der Waals surface area (Å²) in [5.41, 5.74) is 7.95. The Morgan fingerprint density at radius 1 is 1.00 bits per heavy atom. The van der Waals surface area contributed by atoms with Gasteiger partial charge in [0.2, 0.25) is 5.91 Å². The molecule has 0 aliphatic rings. The van der Waals surface area contributed by atoms with Crippen LogP contribution < -0.4 is 11.1 Å². The molecule has 2 rings (SSSR count). The average molecular weight is 282 g/mol. The first-order valence-electron chi connectivity index (χ1n) is 6.78. The van der Waals surface area contributed by atoms with Gasteiger partial charge in [0.25, 0.3) is 5.91 Å². The molecule has 108 valence electrons. The monoisotopic (exact) mass is 282 g/mol. The summed E-state index contributed by atoms with van der Waals surface area (Å²) in [5, 5.41) is 2.85. The lowest BCUT2D eigenvalue weighted by Crippen LogP contribution is -2.14. The zero-order valence-electron chi connectivity index (χ0n) is 12.1. The van der Waals surface area contributed by atoms with Crippen LogP contribution in [0.1, 0.15) is 46.0 Å². The fraction of sp³-hybridized carbons (Fsp3) is 0.176. The van der Waals surface area contributed by atoms with Crippen molar-refractivity contribution in [3.8, 4) is 0 Å². The number of anilines is 1. The molecule has 0 unspecified atom stereocenters. The van der Waals surface area contributed by atoms with Crippen LogP contribution in [0.15, 0.2) is 48.5 Å². The molecule has 2 aromatic carbocycles. The number of hydrogen-bond donors (Lipinski definition) is 2. The lowest BCUT2D eigenvalue weighted by molar-refractivity contribution is 0.0995. The van der Waals surface area contributed by atoms with E-state index in [0.29, 0.717) is 17.0 Å². The molecule has 0 saturated carbocycles. The summed E-state index contributed by atoms with van der Waals surface area (Å²) < 4.78 is 0. The zero-order chi connectivity index (χ0) is 15.4. The van der Waals surface area contributed by atoms with E-state index >= 15 is 0 Å². The van der Waals surface area contributed by atoms with Crippen molar-refractivity contribution in [2.75, 3.05) is 5.32 Å². The van der Waals surface area contributed by atoms with Crippen molar-refractivity contribution >= 4 is 17.5 Å². The second kappa shape index (κ2) is 6.22. The minimum atomic E-state index is -0.508. The number of carbonyl (C=O) groups excluding carboxylic acids is 2. The molecule has 0 atom stereocenters. The van der Waals surface area contributed by atoms with Crippen LogP contribution in [-0.2, 0) is 0 Å². The summed E-state index contributed by atoms with van der Waals surface area (Å²) in [6, 6.07) is 14.0. The highest BCUT2D eigenvalue weighted by Crippen LogP contribution is 2.19. The van der Waals surface area contributed by atoms with Gasteiger partial charge in [-0.05, 0) is 47.9 Å². The van der Waals surface area contributed by atoms with E-state index in [1.165, 1.54) is 0 Å². The Morgan fingerprint density at radius 3 is 2.19 bits per heavy atom. The van der Waals surface area contributed by atoms with E-state index in [1.807, 2.05) is 24.3 Å². The van der Waals surface area contributed by atoms with Crippen molar-refractivity contribution in [1.29, 1.82) is 0 Å². The number of amides is 2. The Labute approximate surface area is 124 Å². The average Bonchev–Trinajstić information content (AvgIpc) is 2.47. The molecule has 0 aliphatic heterocycles. The van der Waals surface area contributed by atoms with E-state index in [4.69, 9.17) is 5.73 Å². The quantitative estimate of drug-likeness (QED) is 0.904. The molecular formula is C17H18N2O2. The Balaban J connectivity index is 2.14. The molecule has 0 aromatic heterocycles. The first-order valence-corrected chi connectivity index (χ1v) is 6.78. The molecule has 0 radical (unpaired) electrons. The number of nitrogens with one attached hydrogen (secondary N) is 1. The predicted molar refractivity (Wildman–Crippen MR) is 83.4 cm³/mol. The van der Waals surface area contributed by atoms with Crippen LogP contribution in [0, 0.1) is 0 Å². The van der Waals surface area contributed by atoms with E-state index < -0.39 is 5.91 Å². The lowest BCUT2D eigenvalue weighted by Gasteiger charge is -2.09. The predicted octanol–water partition coefficient (Wildman–Crippen LogP) is 3.16. The third-order valence-corrected chi connectivity index (χ3v) is 3.24. The van der Waals surface area contributed by atoms with Crippen LogP contribution >= 0.6 is 0 Å². The number of carbonyl (C=O) groups is 2. The second-order valence-electron chi connectivity index (χ2n) is 5.18. The van der Waals surface area contributed by atoms with Gasteiger partial charge >= 0.3 is 0 Å². The van der Waals surface area contributed by atoms with Gasteiger partial charge in [0.05, 0.1) is 0 Å². The van der Waals surface area contributed by atoms with Crippen molar-refractivity contribution in [3.05, 3.63) is 65.2 Å². The van der Waals surface area contributed by atoms with Crippen LogP contribution in [0.5, 0.6) is 0 Å². The van der Waals surface area contributed by atoms with E-state index in [1.54, 1.807) is 24.3 Å². The topological polar surface area (TPSA) is 72.2 Å². The lowest BCUT2D eigenvalue weighted by atomic mass is 10.0. The number of nitrogens with two attached hydrogens (primary N) is 1. The molecule has 21 heavy (non-hydrogen) atoms. The van der Waals surface area contributed by atoms with Gasteiger partial charge < -0.3 is 11.1 Å². The van der Waals surface area contributed by atoms with Gasteiger partial charge in [-0.2, -0.15) is 0 Å². The number of primary amides is 1. The normalized spacial score (nSPS) is 10.4. The Bertz CT molecular complexity index is 661. The Kier molecular flexibility index (Phi) is 4.38. The summed E-state index contributed by atoms with van der Waals surface area (Å²) in [4.78, 5) is 23.1. The number of rotatable bonds is 4. The van der Waals surface area contributed by atoms with Gasteiger partial charge in [-0.25, -0.2) is 0 Å². The Morgan fingerprint density at radius 2 is 1.62 bits per heavy atom. The molecule has 2 amide bonds. The molecule has 2 aromatic rings. The minimum absolute atomic E-state index is 0.216. The maximum Gasteiger partial charge on any atom is 0.255 e. The largest absolute Gasteiger partial charge is 0.366 e.